The molecule has 1 aromatic heterocycles. The normalized spacial score (nSPS) is 15.9. The lowest BCUT2D eigenvalue weighted by atomic mass is 10.1. The van der Waals surface area contributed by atoms with Gasteiger partial charge in [-0.15, -0.1) is 0 Å². The SMILES string of the molecule is O=C1NC(=S)N(c2ccc(Cl)cc2)C(=O)C1=Cc1coc2cc(Cl)ccc2c1=O. The Morgan fingerprint density at radius 2 is 1.69 bits per heavy atom. The van der Waals surface area contributed by atoms with Crippen molar-refractivity contribution in [3.05, 3.63) is 80.1 Å². The fourth-order valence-electron chi connectivity index (χ4n) is 2.85. The molecular weight excluding hydrogens is 435 g/mol. The highest BCUT2D eigenvalue weighted by Gasteiger charge is 2.34. The Hall–Kier alpha value is -3.00. The van der Waals surface area contributed by atoms with Crippen molar-refractivity contribution in [3.8, 4) is 0 Å². The topological polar surface area (TPSA) is 79.6 Å². The van der Waals surface area contributed by atoms with E-state index < -0.39 is 17.2 Å². The van der Waals surface area contributed by atoms with Gasteiger partial charge < -0.3 is 4.42 Å². The van der Waals surface area contributed by atoms with Crippen LogP contribution in [0, 0.1) is 0 Å². The molecular formula is C20H10Cl2N2O4S. The van der Waals surface area contributed by atoms with E-state index in [1.807, 2.05) is 0 Å². The Kier molecular flexibility index (Phi) is 4.96. The maximum absolute atomic E-state index is 13.0. The van der Waals surface area contributed by atoms with Crippen molar-refractivity contribution in [2.75, 3.05) is 4.90 Å². The van der Waals surface area contributed by atoms with E-state index in [0.29, 0.717) is 21.3 Å². The molecule has 1 aliphatic rings. The predicted octanol–water partition coefficient (Wildman–Crippen LogP) is 3.93. The van der Waals surface area contributed by atoms with Crippen molar-refractivity contribution < 1.29 is 14.0 Å². The number of benzene rings is 2. The Bertz CT molecular complexity index is 1280. The zero-order chi connectivity index (χ0) is 20.7. The molecule has 0 radical (unpaired) electrons. The maximum Gasteiger partial charge on any atom is 0.270 e. The average molecular weight is 445 g/mol. The monoisotopic (exact) mass is 444 g/mol. The summed E-state index contributed by atoms with van der Waals surface area (Å²) in [6.07, 6.45) is 2.36. The number of hydrogen-bond acceptors (Lipinski definition) is 5. The molecule has 1 aliphatic heterocycles. The Labute approximate surface area is 179 Å². The molecule has 2 amide bonds. The summed E-state index contributed by atoms with van der Waals surface area (Å²) in [5.41, 5.74) is 0.113. The second kappa shape index (κ2) is 7.44. The molecule has 9 heteroatoms. The van der Waals surface area contributed by atoms with Crippen molar-refractivity contribution >= 4 is 75.1 Å². The molecule has 1 saturated heterocycles. The number of halogens is 2. The van der Waals surface area contributed by atoms with Crippen LogP contribution in [0.3, 0.4) is 0 Å². The largest absolute Gasteiger partial charge is 0.463 e. The van der Waals surface area contributed by atoms with Gasteiger partial charge in [-0.05, 0) is 54.7 Å². The highest BCUT2D eigenvalue weighted by Crippen LogP contribution is 2.24. The van der Waals surface area contributed by atoms with Crippen molar-refractivity contribution in [1.82, 2.24) is 5.32 Å². The minimum Gasteiger partial charge on any atom is -0.463 e. The van der Waals surface area contributed by atoms with Gasteiger partial charge in [0.2, 0.25) is 0 Å². The number of nitrogens with zero attached hydrogens (tertiary/aromatic N) is 1. The van der Waals surface area contributed by atoms with Crippen molar-refractivity contribution in [2.24, 2.45) is 0 Å². The molecule has 4 rings (SSSR count). The number of amides is 2. The molecule has 0 saturated carbocycles. The lowest BCUT2D eigenvalue weighted by molar-refractivity contribution is -0.122. The summed E-state index contributed by atoms with van der Waals surface area (Å²) in [6, 6.07) is 10.9. The third-order valence-corrected chi connectivity index (χ3v) is 5.02. The van der Waals surface area contributed by atoms with Crippen LogP contribution in [0.5, 0.6) is 0 Å². The first-order chi connectivity index (χ1) is 13.8. The number of fused-ring (bicyclic) bond motifs is 1. The molecule has 144 valence electrons. The molecule has 0 unspecified atom stereocenters. The summed E-state index contributed by atoms with van der Waals surface area (Å²) < 4.78 is 5.44. The van der Waals surface area contributed by atoms with Crippen LogP contribution < -0.4 is 15.6 Å². The number of nitrogens with one attached hydrogen (secondary N) is 1. The van der Waals surface area contributed by atoms with E-state index in [1.54, 1.807) is 30.3 Å². The standard InChI is InChI=1S/C20H10Cl2N2O4S/c21-11-1-4-13(5-2-11)24-19(27)15(18(26)23-20(24)29)7-10-9-28-16-8-12(22)3-6-14(16)17(10)25/h1-9H,(H,23,26,29). The van der Waals surface area contributed by atoms with E-state index in [1.165, 1.54) is 24.5 Å². The third kappa shape index (κ3) is 3.55. The van der Waals surface area contributed by atoms with Crippen molar-refractivity contribution in [1.29, 1.82) is 0 Å². The van der Waals surface area contributed by atoms with E-state index in [0.717, 1.165) is 4.90 Å². The first-order valence-corrected chi connectivity index (χ1v) is 9.39. The second-order valence-electron chi connectivity index (χ2n) is 6.09. The number of carbonyl (C=O) groups is 2. The van der Waals surface area contributed by atoms with Gasteiger partial charge in [0.05, 0.1) is 16.6 Å². The third-order valence-electron chi connectivity index (χ3n) is 4.25. The lowest BCUT2D eigenvalue weighted by Gasteiger charge is -2.28. The summed E-state index contributed by atoms with van der Waals surface area (Å²) in [5, 5.41) is 3.56. The van der Waals surface area contributed by atoms with Crippen LogP contribution in [0.2, 0.25) is 10.0 Å². The Balaban J connectivity index is 1.80. The van der Waals surface area contributed by atoms with Crippen molar-refractivity contribution in [2.45, 2.75) is 0 Å². The zero-order valence-electron chi connectivity index (χ0n) is 14.4. The molecule has 0 bridgehead atoms. The molecule has 0 aliphatic carbocycles. The quantitative estimate of drug-likeness (QED) is 0.368. The van der Waals surface area contributed by atoms with E-state index in [-0.39, 0.29) is 21.6 Å². The van der Waals surface area contributed by atoms with E-state index in [2.05, 4.69) is 5.32 Å². The summed E-state index contributed by atoms with van der Waals surface area (Å²) in [5.74, 6) is -1.38. The number of hydrogen-bond donors (Lipinski definition) is 1. The molecule has 1 N–H and O–H groups in total. The van der Waals surface area contributed by atoms with Crippen LogP contribution in [0.15, 0.2) is 63.5 Å². The van der Waals surface area contributed by atoms with Crippen LogP contribution in [0.4, 0.5) is 5.69 Å². The van der Waals surface area contributed by atoms with E-state index in [4.69, 9.17) is 39.8 Å². The van der Waals surface area contributed by atoms with Crippen LogP contribution >= 0.6 is 35.4 Å². The Morgan fingerprint density at radius 3 is 2.41 bits per heavy atom. The van der Waals surface area contributed by atoms with Crippen molar-refractivity contribution in [3.63, 3.8) is 0 Å². The molecule has 6 nitrogen and oxygen atoms in total. The smallest absolute Gasteiger partial charge is 0.270 e. The van der Waals surface area contributed by atoms with Gasteiger partial charge >= 0.3 is 0 Å². The number of anilines is 1. The van der Waals surface area contributed by atoms with Gasteiger partial charge in [0.1, 0.15) is 17.4 Å². The highest BCUT2D eigenvalue weighted by molar-refractivity contribution is 7.80. The molecule has 2 heterocycles. The van der Waals surface area contributed by atoms with E-state index >= 15 is 0 Å². The zero-order valence-corrected chi connectivity index (χ0v) is 16.8. The molecule has 3 aromatic rings. The number of rotatable bonds is 2. The van der Waals surface area contributed by atoms with Gasteiger partial charge in [-0.1, -0.05) is 23.2 Å². The summed E-state index contributed by atoms with van der Waals surface area (Å²) in [6.45, 7) is 0. The maximum atomic E-state index is 13.0. The minimum atomic E-state index is -0.708. The van der Waals surface area contributed by atoms with Gasteiger partial charge in [-0.2, -0.15) is 0 Å². The lowest BCUT2D eigenvalue weighted by Crippen LogP contribution is -2.54. The van der Waals surface area contributed by atoms with Crippen LogP contribution in [-0.4, -0.2) is 16.9 Å². The first-order valence-electron chi connectivity index (χ1n) is 8.23. The molecule has 0 atom stereocenters. The summed E-state index contributed by atoms with van der Waals surface area (Å²) in [7, 11) is 0. The van der Waals surface area contributed by atoms with Gasteiger partial charge in [0, 0.05) is 16.1 Å². The fraction of sp³-hybridized carbons (Fsp3) is 0. The van der Waals surface area contributed by atoms with Gasteiger partial charge in [-0.3, -0.25) is 24.6 Å². The number of thiocarbonyl (C=S) groups is 1. The van der Waals surface area contributed by atoms with Gasteiger partial charge in [0.25, 0.3) is 11.8 Å². The van der Waals surface area contributed by atoms with Crippen LogP contribution in [-0.2, 0) is 9.59 Å². The average Bonchev–Trinajstić information content (AvgIpc) is 2.68. The Morgan fingerprint density at radius 1 is 1.00 bits per heavy atom. The number of carbonyl (C=O) groups excluding carboxylic acids is 2. The molecule has 29 heavy (non-hydrogen) atoms. The summed E-state index contributed by atoms with van der Waals surface area (Å²) >= 11 is 16.9. The van der Waals surface area contributed by atoms with Gasteiger partial charge in [0.15, 0.2) is 10.5 Å². The first kappa shape index (κ1) is 19.3. The summed E-state index contributed by atoms with van der Waals surface area (Å²) in [4.78, 5) is 39.3. The van der Waals surface area contributed by atoms with E-state index in [9.17, 15) is 14.4 Å². The minimum absolute atomic E-state index is 0.0437. The van der Waals surface area contributed by atoms with Crippen LogP contribution in [0.25, 0.3) is 17.0 Å². The fourth-order valence-corrected chi connectivity index (χ4v) is 3.42. The predicted molar refractivity (Wildman–Crippen MR) is 115 cm³/mol. The molecule has 1 fully saturated rings. The van der Waals surface area contributed by atoms with Crippen LogP contribution in [0.1, 0.15) is 5.56 Å². The molecule has 0 spiro atoms. The highest BCUT2D eigenvalue weighted by atomic mass is 35.5. The second-order valence-corrected chi connectivity index (χ2v) is 7.35. The molecule has 2 aromatic carbocycles. The van der Waals surface area contributed by atoms with Gasteiger partial charge in [-0.25, -0.2) is 0 Å².